The second-order valence-corrected chi connectivity index (χ2v) is 9.55. The zero-order valence-corrected chi connectivity index (χ0v) is 19.2. The van der Waals surface area contributed by atoms with Gasteiger partial charge in [0.1, 0.15) is 6.54 Å². The van der Waals surface area contributed by atoms with Crippen molar-refractivity contribution in [3.63, 3.8) is 0 Å². The molecule has 2 aromatic heterocycles. The zero-order chi connectivity index (χ0) is 21.9. The molecule has 2 aliphatic carbocycles. The van der Waals surface area contributed by atoms with Gasteiger partial charge in [0.15, 0.2) is 5.65 Å². The van der Waals surface area contributed by atoms with Crippen molar-refractivity contribution in [2.45, 2.75) is 89.8 Å². The third-order valence-corrected chi connectivity index (χ3v) is 7.40. The largest absolute Gasteiger partial charge is 0.335 e. The van der Waals surface area contributed by atoms with Crippen molar-refractivity contribution in [2.24, 2.45) is 0 Å². The molecule has 2 fully saturated rings. The molecule has 2 aliphatic rings. The highest BCUT2D eigenvalue weighted by Gasteiger charge is 2.33. The molecular formula is C27H34N4O. The van der Waals surface area contributed by atoms with Crippen molar-refractivity contribution in [3.8, 4) is 11.1 Å². The predicted molar refractivity (Wildman–Crippen MR) is 128 cm³/mol. The summed E-state index contributed by atoms with van der Waals surface area (Å²) in [5.74, 6) is 0.222. The van der Waals surface area contributed by atoms with Crippen molar-refractivity contribution >= 4 is 16.9 Å². The molecule has 5 rings (SSSR count). The Kier molecular flexibility index (Phi) is 6.24. The van der Waals surface area contributed by atoms with Crippen LogP contribution in [0.4, 0.5) is 0 Å². The minimum atomic E-state index is 0.222. The first-order valence-corrected chi connectivity index (χ1v) is 12.4. The van der Waals surface area contributed by atoms with Gasteiger partial charge in [0.05, 0.1) is 5.69 Å². The van der Waals surface area contributed by atoms with Crippen molar-refractivity contribution in [2.75, 3.05) is 0 Å². The minimum Gasteiger partial charge on any atom is -0.335 e. The highest BCUT2D eigenvalue weighted by Crippen LogP contribution is 2.32. The van der Waals surface area contributed by atoms with Crippen LogP contribution in [-0.2, 0) is 11.3 Å². The van der Waals surface area contributed by atoms with E-state index in [9.17, 15) is 4.79 Å². The predicted octanol–water partition coefficient (Wildman–Crippen LogP) is 5.90. The van der Waals surface area contributed by atoms with Gasteiger partial charge >= 0.3 is 0 Å². The van der Waals surface area contributed by atoms with E-state index in [1.165, 1.54) is 38.5 Å². The van der Waals surface area contributed by atoms with Crippen LogP contribution >= 0.6 is 0 Å². The fourth-order valence-corrected chi connectivity index (χ4v) is 5.88. The summed E-state index contributed by atoms with van der Waals surface area (Å²) in [6, 6.07) is 13.2. The quantitative estimate of drug-likeness (QED) is 0.506. The summed E-state index contributed by atoms with van der Waals surface area (Å²) in [7, 11) is 0. The second-order valence-electron chi connectivity index (χ2n) is 9.55. The lowest BCUT2D eigenvalue weighted by Gasteiger charge is -2.41. The average molecular weight is 431 g/mol. The van der Waals surface area contributed by atoms with Gasteiger partial charge in [0.25, 0.3) is 0 Å². The van der Waals surface area contributed by atoms with Gasteiger partial charge in [-0.3, -0.25) is 4.79 Å². The van der Waals surface area contributed by atoms with Crippen molar-refractivity contribution < 1.29 is 4.79 Å². The van der Waals surface area contributed by atoms with Gasteiger partial charge in [-0.1, -0.05) is 68.9 Å². The van der Waals surface area contributed by atoms with E-state index in [0.717, 1.165) is 53.5 Å². The molecule has 5 heteroatoms. The molecule has 1 amide bonds. The van der Waals surface area contributed by atoms with Crippen LogP contribution in [0.3, 0.4) is 0 Å². The molecule has 3 aromatic rings. The van der Waals surface area contributed by atoms with Crippen LogP contribution in [0.2, 0.25) is 0 Å². The third-order valence-electron chi connectivity index (χ3n) is 7.40. The lowest BCUT2D eigenvalue weighted by atomic mass is 9.88. The Balaban J connectivity index is 1.46. The molecule has 2 heterocycles. The summed E-state index contributed by atoms with van der Waals surface area (Å²) in [5.41, 5.74) is 4.02. The van der Waals surface area contributed by atoms with E-state index in [0.29, 0.717) is 12.1 Å². The van der Waals surface area contributed by atoms with E-state index in [1.54, 1.807) is 0 Å². The fraction of sp³-hybridized carbons (Fsp3) is 0.519. The standard InChI is InChI=1S/C27H34N4O/c1-20-26-24(21-11-5-2-6-12-21)17-18-28-27(26)30(29-20)19-25(32)31(22-13-7-3-8-14-22)23-15-9-4-10-16-23/h2,5-6,11-12,17-18,22-23H,3-4,7-10,13-16,19H2,1H3. The number of carbonyl (C=O) groups excluding carboxylic acids is 1. The molecule has 32 heavy (non-hydrogen) atoms. The van der Waals surface area contributed by atoms with Crippen molar-refractivity contribution in [3.05, 3.63) is 48.3 Å². The van der Waals surface area contributed by atoms with Crippen LogP contribution < -0.4 is 0 Å². The minimum absolute atomic E-state index is 0.222. The number of nitrogens with zero attached hydrogens (tertiary/aromatic N) is 4. The number of benzene rings is 1. The number of amides is 1. The Morgan fingerprint density at radius 2 is 1.56 bits per heavy atom. The number of hydrogen-bond donors (Lipinski definition) is 0. The molecule has 0 radical (unpaired) electrons. The fourth-order valence-electron chi connectivity index (χ4n) is 5.88. The highest BCUT2D eigenvalue weighted by molar-refractivity contribution is 5.95. The number of aromatic nitrogens is 3. The van der Waals surface area contributed by atoms with Crippen molar-refractivity contribution in [1.29, 1.82) is 0 Å². The van der Waals surface area contributed by atoms with E-state index < -0.39 is 0 Å². The average Bonchev–Trinajstić information content (AvgIpc) is 3.16. The number of fused-ring (bicyclic) bond motifs is 1. The maximum absolute atomic E-state index is 13.8. The van der Waals surface area contributed by atoms with E-state index >= 15 is 0 Å². The number of carbonyl (C=O) groups is 1. The monoisotopic (exact) mass is 430 g/mol. The molecule has 0 saturated heterocycles. The molecule has 168 valence electrons. The summed E-state index contributed by atoms with van der Waals surface area (Å²) < 4.78 is 1.85. The van der Waals surface area contributed by atoms with Gasteiger partial charge in [0.2, 0.25) is 5.91 Å². The van der Waals surface area contributed by atoms with E-state index in [4.69, 9.17) is 5.10 Å². The Morgan fingerprint density at radius 1 is 0.938 bits per heavy atom. The second kappa shape index (κ2) is 9.43. The highest BCUT2D eigenvalue weighted by atomic mass is 16.2. The molecule has 1 aromatic carbocycles. The molecule has 5 nitrogen and oxygen atoms in total. The number of aryl methyl sites for hydroxylation is 1. The van der Waals surface area contributed by atoms with Gasteiger partial charge < -0.3 is 4.90 Å². The molecule has 0 aliphatic heterocycles. The molecule has 0 unspecified atom stereocenters. The number of rotatable bonds is 5. The summed E-state index contributed by atoms with van der Waals surface area (Å²) in [4.78, 5) is 20.7. The zero-order valence-electron chi connectivity index (χ0n) is 19.2. The first-order valence-electron chi connectivity index (χ1n) is 12.4. The van der Waals surface area contributed by atoms with Crippen LogP contribution in [0.1, 0.15) is 69.9 Å². The van der Waals surface area contributed by atoms with E-state index in [2.05, 4.69) is 40.2 Å². The molecule has 0 N–H and O–H groups in total. The summed E-state index contributed by atoms with van der Waals surface area (Å²) in [5, 5.41) is 5.84. The molecule has 0 spiro atoms. The lowest BCUT2D eigenvalue weighted by Crippen LogP contribution is -2.50. The Bertz CT molecular complexity index is 1040. The molecule has 0 bridgehead atoms. The number of pyridine rings is 1. The number of hydrogen-bond acceptors (Lipinski definition) is 3. The SMILES string of the molecule is Cc1nn(CC(=O)N(C2CCCCC2)C2CCCCC2)c2nccc(-c3ccccc3)c12. The van der Waals surface area contributed by atoms with E-state index in [1.807, 2.05) is 23.9 Å². The summed E-state index contributed by atoms with van der Waals surface area (Å²) in [6.07, 6.45) is 14.0. The lowest BCUT2D eigenvalue weighted by molar-refractivity contribution is -0.138. The Morgan fingerprint density at radius 3 is 2.19 bits per heavy atom. The van der Waals surface area contributed by atoms with Gasteiger partial charge in [-0.15, -0.1) is 0 Å². The van der Waals surface area contributed by atoms with Gasteiger partial charge in [-0.25, -0.2) is 9.67 Å². The van der Waals surface area contributed by atoms with Crippen LogP contribution in [-0.4, -0.2) is 37.7 Å². The molecular weight excluding hydrogens is 396 g/mol. The maximum Gasteiger partial charge on any atom is 0.244 e. The Hall–Kier alpha value is -2.69. The first-order chi connectivity index (χ1) is 15.7. The summed E-state index contributed by atoms with van der Waals surface area (Å²) >= 11 is 0. The Labute approximate surface area is 190 Å². The maximum atomic E-state index is 13.8. The van der Waals surface area contributed by atoms with Crippen molar-refractivity contribution in [1.82, 2.24) is 19.7 Å². The van der Waals surface area contributed by atoms with Crippen LogP contribution in [0.5, 0.6) is 0 Å². The smallest absolute Gasteiger partial charge is 0.244 e. The van der Waals surface area contributed by atoms with Crippen LogP contribution in [0.15, 0.2) is 42.6 Å². The normalized spacial score (nSPS) is 18.2. The van der Waals surface area contributed by atoms with Gasteiger partial charge in [0, 0.05) is 23.7 Å². The molecule has 0 atom stereocenters. The first kappa shape index (κ1) is 21.2. The van der Waals surface area contributed by atoms with E-state index in [-0.39, 0.29) is 12.5 Å². The van der Waals surface area contributed by atoms with Gasteiger partial charge in [-0.2, -0.15) is 5.10 Å². The van der Waals surface area contributed by atoms with Gasteiger partial charge in [-0.05, 0) is 49.8 Å². The summed E-state index contributed by atoms with van der Waals surface area (Å²) in [6.45, 7) is 2.31. The topological polar surface area (TPSA) is 51.0 Å². The van der Waals surface area contributed by atoms with Crippen LogP contribution in [0.25, 0.3) is 22.2 Å². The molecule has 2 saturated carbocycles. The van der Waals surface area contributed by atoms with Crippen LogP contribution in [0, 0.1) is 6.92 Å². The third kappa shape index (κ3) is 4.17.